The average molecular weight is 348 g/mol. The van der Waals surface area contributed by atoms with Crippen LogP contribution in [0.15, 0.2) is 91.0 Å². The lowest BCUT2D eigenvalue weighted by Gasteiger charge is -2.15. The van der Waals surface area contributed by atoms with Crippen LogP contribution in [-0.4, -0.2) is 17.2 Å². The van der Waals surface area contributed by atoms with E-state index in [9.17, 15) is 10.0 Å². The van der Waals surface area contributed by atoms with Crippen LogP contribution in [0.5, 0.6) is 0 Å². The van der Waals surface area contributed by atoms with E-state index in [2.05, 4.69) is 54.6 Å². The van der Waals surface area contributed by atoms with Gasteiger partial charge in [0, 0.05) is 0 Å². The van der Waals surface area contributed by atoms with Gasteiger partial charge >= 0.3 is 7.12 Å². The van der Waals surface area contributed by atoms with Crippen LogP contribution < -0.4 is 5.46 Å². The molecule has 0 aliphatic heterocycles. The SMILES string of the molecule is OB(O)c1ccc(-c2cc3ccccc3c3ccccc23)c2ccccc12. The molecule has 128 valence electrons. The standard InChI is InChI=1S/C24H17BO2/c26-25(27)24-14-13-21(19-10-5-6-12-22(19)24)23-15-16-7-1-2-8-17(16)18-9-3-4-11-20(18)23/h1-15,26-27H. The maximum atomic E-state index is 9.75. The summed E-state index contributed by atoms with van der Waals surface area (Å²) >= 11 is 0. The highest BCUT2D eigenvalue weighted by atomic mass is 16.4. The molecule has 5 aromatic rings. The Morgan fingerprint density at radius 1 is 0.481 bits per heavy atom. The number of rotatable bonds is 2. The van der Waals surface area contributed by atoms with Crippen molar-refractivity contribution < 1.29 is 10.0 Å². The first-order valence-corrected chi connectivity index (χ1v) is 9.03. The lowest BCUT2D eigenvalue weighted by molar-refractivity contribution is 0.426. The van der Waals surface area contributed by atoms with Crippen molar-refractivity contribution >= 4 is 44.9 Å². The molecule has 0 unspecified atom stereocenters. The van der Waals surface area contributed by atoms with Crippen molar-refractivity contribution in [3.63, 3.8) is 0 Å². The van der Waals surface area contributed by atoms with E-state index in [1.807, 2.05) is 36.4 Å². The number of hydrogen-bond donors (Lipinski definition) is 2. The first-order valence-electron chi connectivity index (χ1n) is 9.03. The molecule has 0 aliphatic carbocycles. The second kappa shape index (κ2) is 6.24. The predicted octanol–water partition coefficient (Wildman–Crippen LogP) is 4.49. The Bertz CT molecular complexity index is 1310. The van der Waals surface area contributed by atoms with E-state index in [1.165, 1.54) is 21.5 Å². The molecule has 0 aliphatic rings. The zero-order valence-electron chi connectivity index (χ0n) is 14.6. The Labute approximate surface area is 157 Å². The van der Waals surface area contributed by atoms with Crippen LogP contribution in [0.1, 0.15) is 0 Å². The van der Waals surface area contributed by atoms with Gasteiger partial charge in [-0.2, -0.15) is 0 Å². The van der Waals surface area contributed by atoms with Crippen LogP contribution >= 0.6 is 0 Å². The molecule has 0 atom stereocenters. The smallest absolute Gasteiger partial charge is 0.423 e. The van der Waals surface area contributed by atoms with E-state index in [0.717, 1.165) is 21.9 Å². The van der Waals surface area contributed by atoms with E-state index >= 15 is 0 Å². The minimum atomic E-state index is -1.49. The van der Waals surface area contributed by atoms with Gasteiger partial charge in [0.1, 0.15) is 0 Å². The van der Waals surface area contributed by atoms with Crippen LogP contribution in [0, 0.1) is 0 Å². The summed E-state index contributed by atoms with van der Waals surface area (Å²) in [7, 11) is -1.49. The van der Waals surface area contributed by atoms with Gasteiger partial charge < -0.3 is 10.0 Å². The van der Waals surface area contributed by atoms with Gasteiger partial charge in [0.2, 0.25) is 0 Å². The van der Waals surface area contributed by atoms with Crippen molar-refractivity contribution in [2.24, 2.45) is 0 Å². The van der Waals surface area contributed by atoms with Crippen LogP contribution in [0.2, 0.25) is 0 Å². The first-order chi connectivity index (χ1) is 13.2. The minimum Gasteiger partial charge on any atom is -0.423 e. The van der Waals surface area contributed by atoms with E-state index in [-0.39, 0.29) is 0 Å². The second-order valence-corrected chi connectivity index (χ2v) is 6.81. The third-order valence-electron chi connectivity index (χ3n) is 5.29. The van der Waals surface area contributed by atoms with Crippen LogP contribution in [0.4, 0.5) is 0 Å². The zero-order chi connectivity index (χ0) is 18.4. The van der Waals surface area contributed by atoms with Crippen LogP contribution in [0.25, 0.3) is 43.4 Å². The summed E-state index contributed by atoms with van der Waals surface area (Å²) in [6, 6.07) is 30.8. The summed E-state index contributed by atoms with van der Waals surface area (Å²) in [5.41, 5.74) is 2.77. The molecule has 0 amide bonds. The molecule has 0 saturated carbocycles. The molecule has 0 radical (unpaired) electrons. The summed E-state index contributed by atoms with van der Waals surface area (Å²) < 4.78 is 0. The van der Waals surface area contributed by atoms with Crippen molar-refractivity contribution in [1.82, 2.24) is 0 Å². The third kappa shape index (κ3) is 2.52. The maximum Gasteiger partial charge on any atom is 0.489 e. The van der Waals surface area contributed by atoms with E-state index < -0.39 is 7.12 Å². The van der Waals surface area contributed by atoms with Crippen LogP contribution in [0.3, 0.4) is 0 Å². The number of fused-ring (bicyclic) bond motifs is 4. The minimum absolute atomic E-state index is 0.527. The molecule has 0 spiro atoms. The van der Waals surface area contributed by atoms with E-state index in [1.54, 1.807) is 0 Å². The monoisotopic (exact) mass is 348 g/mol. The normalized spacial score (nSPS) is 11.3. The first kappa shape index (κ1) is 16.1. The Kier molecular flexibility index (Phi) is 3.71. The quantitative estimate of drug-likeness (QED) is 0.364. The molecule has 0 saturated heterocycles. The maximum absolute atomic E-state index is 9.75. The molecule has 5 aromatic carbocycles. The lowest BCUT2D eigenvalue weighted by atomic mass is 9.75. The van der Waals surface area contributed by atoms with Gasteiger partial charge in [-0.1, -0.05) is 84.9 Å². The van der Waals surface area contributed by atoms with Gasteiger partial charge in [0.05, 0.1) is 0 Å². The molecular weight excluding hydrogens is 331 g/mol. The summed E-state index contributed by atoms with van der Waals surface area (Å²) in [4.78, 5) is 0. The van der Waals surface area contributed by atoms with E-state index in [0.29, 0.717) is 5.46 Å². The fourth-order valence-electron chi connectivity index (χ4n) is 4.06. The third-order valence-corrected chi connectivity index (χ3v) is 5.29. The Morgan fingerprint density at radius 2 is 1.04 bits per heavy atom. The Hall–Kier alpha value is -3.14. The highest BCUT2D eigenvalue weighted by Gasteiger charge is 2.17. The van der Waals surface area contributed by atoms with Crippen molar-refractivity contribution in [2.75, 3.05) is 0 Å². The fraction of sp³-hybridized carbons (Fsp3) is 0. The molecule has 0 heterocycles. The molecule has 3 heteroatoms. The molecule has 5 rings (SSSR count). The molecule has 0 bridgehead atoms. The molecule has 0 fully saturated rings. The van der Waals surface area contributed by atoms with Gasteiger partial charge in [-0.05, 0) is 55.0 Å². The topological polar surface area (TPSA) is 40.5 Å². The Morgan fingerprint density at radius 3 is 1.74 bits per heavy atom. The fourth-order valence-corrected chi connectivity index (χ4v) is 4.06. The molecule has 2 N–H and O–H groups in total. The van der Waals surface area contributed by atoms with Crippen molar-refractivity contribution in [1.29, 1.82) is 0 Å². The molecular formula is C24H17BO2. The summed E-state index contributed by atoms with van der Waals surface area (Å²) in [5, 5.41) is 26.2. The van der Waals surface area contributed by atoms with Gasteiger partial charge in [-0.25, -0.2) is 0 Å². The predicted molar refractivity (Wildman–Crippen MR) is 114 cm³/mol. The highest BCUT2D eigenvalue weighted by Crippen LogP contribution is 2.37. The highest BCUT2D eigenvalue weighted by molar-refractivity contribution is 6.62. The summed E-state index contributed by atoms with van der Waals surface area (Å²) in [6.45, 7) is 0. The van der Waals surface area contributed by atoms with Gasteiger partial charge in [0.15, 0.2) is 0 Å². The van der Waals surface area contributed by atoms with Crippen molar-refractivity contribution in [2.45, 2.75) is 0 Å². The van der Waals surface area contributed by atoms with Gasteiger partial charge in [-0.15, -0.1) is 0 Å². The lowest BCUT2D eigenvalue weighted by Crippen LogP contribution is -2.30. The van der Waals surface area contributed by atoms with E-state index in [4.69, 9.17) is 0 Å². The van der Waals surface area contributed by atoms with Gasteiger partial charge in [-0.3, -0.25) is 0 Å². The zero-order valence-corrected chi connectivity index (χ0v) is 14.6. The molecule has 0 aromatic heterocycles. The summed E-state index contributed by atoms with van der Waals surface area (Å²) in [5.74, 6) is 0. The Balaban J connectivity index is 1.93. The average Bonchev–Trinajstić information content (AvgIpc) is 2.72. The van der Waals surface area contributed by atoms with Crippen molar-refractivity contribution in [3.05, 3.63) is 91.0 Å². The van der Waals surface area contributed by atoms with Crippen LogP contribution in [-0.2, 0) is 0 Å². The number of hydrogen-bond acceptors (Lipinski definition) is 2. The number of benzene rings is 5. The molecule has 2 nitrogen and oxygen atoms in total. The summed E-state index contributed by atoms with van der Waals surface area (Å²) in [6.07, 6.45) is 0. The molecule has 27 heavy (non-hydrogen) atoms. The largest absolute Gasteiger partial charge is 0.489 e. The second-order valence-electron chi connectivity index (χ2n) is 6.81. The van der Waals surface area contributed by atoms with Gasteiger partial charge in [0.25, 0.3) is 0 Å². The van der Waals surface area contributed by atoms with Crippen molar-refractivity contribution in [3.8, 4) is 11.1 Å².